The molecule has 1 heterocycles. The van der Waals surface area contributed by atoms with Gasteiger partial charge in [-0.1, -0.05) is 167 Å². The summed E-state index contributed by atoms with van der Waals surface area (Å²) in [5.74, 6) is -0.221. The number of amides is 1. The molecule has 7 atom stereocenters. The van der Waals surface area contributed by atoms with Crippen molar-refractivity contribution in [3.05, 3.63) is 122 Å². The number of unbranched alkanes of at least 4 members (excludes halogenated alkanes) is 8. The van der Waals surface area contributed by atoms with Crippen LogP contribution in [0.25, 0.3) is 0 Å². The van der Waals surface area contributed by atoms with E-state index in [1.54, 1.807) is 6.08 Å². The fourth-order valence-electron chi connectivity index (χ4n) is 6.32. The fourth-order valence-corrected chi connectivity index (χ4v) is 6.32. The molecule has 0 aromatic carbocycles. The molecule has 1 aliphatic heterocycles. The average molecular weight is 850 g/mol. The number of nitrogens with one attached hydrogen (secondary N) is 1. The lowest BCUT2D eigenvalue weighted by molar-refractivity contribution is -0.302. The van der Waals surface area contributed by atoms with Crippen molar-refractivity contribution in [3.8, 4) is 0 Å². The standard InChI is InChI=1S/C52H83NO8/c1-3-5-7-9-11-12-13-14-15-16-17-18-19-20-21-22-23-24-25-26-27-28-29-30-31-32-33-34-36-38-40-42-48(56)53-45(46(55)41-39-37-35-10-8-6-4-2)44-60-52-51(59)50(58)49(57)47(43-54)61-52/h5,7,11-12,14-15,17-18,20-21,23-24,26-27,29-30,32-33,39,41,45-47,49-52,54-55,57-59H,3-4,6,8-10,13,16,19,22,25,28,31,34-38,40,42-44H2,1-2H3,(H,53,56)/b7-5-,12-11-,15-14-,18-17-,21-20-,24-23-,27-26-,30-29-,33-32-,41-39+. The van der Waals surface area contributed by atoms with E-state index in [-0.39, 0.29) is 12.5 Å². The summed E-state index contributed by atoms with van der Waals surface area (Å²) in [4.78, 5) is 12.9. The molecule has 0 spiro atoms. The molecule has 6 N–H and O–H groups in total. The van der Waals surface area contributed by atoms with Gasteiger partial charge in [-0.25, -0.2) is 0 Å². The molecule has 344 valence electrons. The smallest absolute Gasteiger partial charge is 0.220 e. The van der Waals surface area contributed by atoms with Crippen molar-refractivity contribution in [2.75, 3.05) is 13.2 Å². The van der Waals surface area contributed by atoms with E-state index in [1.807, 2.05) is 6.08 Å². The summed E-state index contributed by atoms with van der Waals surface area (Å²) in [7, 11) is 0. The molecule has 0 bridgehead atoms. The van der Waals surface area contributed by atoms with Gasteiger partial charge in [0.15, 0.2) is 6.29 Å². The molecule has 0 aromatic heterocycles. The monoisotopic (exact) mass is 850 g/mol. The van der Waals surface area contributed by atoms with E-state index in [1.165, 1.54) is 19.3 Å². The van der Waals surface area contributed by atoms with Crippen molar-refractivity contribution in [2.45, 2.75) is 185 Å². The number of rotatable bonds is 36. The van der Waals surface area contributed by atoms with Gasteiger partial charge in [-0.2, -0.15) is 0 Å². The van der Waals surface area contributed by atoms with Gasteiger partial charge in [0.1, 0.15) is 24.4 Å². The van der Waals surface area contributed by atoms with E-state index < -0.39 is 49.5 Å². The van der Waals surface area contributed by atoms with Crippen molar-refractivity contribution in [3.63, 3.8) is 0 Å². The summed E-state index contributed by atoms with van der Waals surface area (Å²) < 4.78 is 11.1. The van der Waals surface area contributed by atoms with Gasteiger partial charge in [-0.3, -0.25) is 4.79 Å². The highest BCUT2D eigenvalue weighted by molar-refractivity contribution is 5.76. The summed E-state index contributed by atoms with van der Waals surface area (Å²) in [6, 6.07) is -0.828. The first kappa shape index (κ1) is 55.6. The van der Waals surface area contributed by atoms with Crippen molar-refractivity contribution < 1.29 is 39.8 Å². The molecule has 1 amide bonds. The van der Waals surface area contributed by atoms with Crippen LogP contribution in [0.15, 0.2) is 122 Å². The highest BCUT2D eigenvalue weighted by Crippen LogP contribution is 2.22. The molecule has 0 aromatic rings. The molecule has 1 fully saturated rings. The largest absolute Gasteiger partial charge is 0.394 e. The number of hydrogen-bond acceptors (Lipinski definition) is 8. The van der Waals surface area contributed by atoms with Crippen LogP contribution in [0, 0.1) is 0 Å². The van der Waals surface area contributed by atoms with Gasteiger partial charge >= 0.3 is 0 Å². The number of carbonyl (C=O) groups excluding carboxylic acids is 1. The lowest BCUT2D eigenvalue weighted by atomic mass is 9.99. The zero-order valence-corrected chi connectivity index (χ0v) is 37.6. The van der Waals surface area contributed by atoms with Gasteiger partial charge in [-0.05, 0) is 89.9 Å². The van der Waals surface area contributed by atoms with Gasteiger partial charge in [-0.15, -0.1) is 0 Å². The number of allylic oxidation sites excluding steroid dienone is 19. The number of aliphatic hydroxyl groups is 5. The number of hydrogen-bond donors (Lipinski definition) is 6. The van der Waals surface area contributed by atoms with Crippen molar-refractivity contribution in [2.24, 2.45) is 0 Å². The molecule has 9 nitrogen and oxygen atoms in total. The molecule has 9 heteroatoms. The van der Waals surface area contributed by atoms with Crippen LogP contribution in [0.1, 0.15) is 142 Å². The molecule has 0 radical (unpaired) electrons. The first-order chi connectivity index (χ1) is 29.8. The average Bonchev–Trinajstić information content (AvgIpc) is 3.26. The summed E-state index contributed by atoms with van der Waals surface area (Å²) in [6.45, 7) is 3.54. The van der Waals surface area contributed by atoms with E-state index in [9.17, 15) is 30.3 Å². The molecule has 7 unspecified atom stereocenters. The quantitative estimate of drug-likeness (QED) is 0.0270. The lowest BCUT2D eigenvalue weighted by Crippen LogP contribution is -2.60. The Hall–Kier alpha value is -3.41. The Bertz CT molecular complexity index is 1360. The summed E-state index contributed by atoms with van der Waals surface area (Å²) in [5, 5.41) is 53.8. The van der Waals surface area contributed by atoms with Crippen LogP contribution in [-0.2, 0) is 14.3 Å². The minimum absolute atomic E-state index is 0.212. The van der Waals surface area contributed by atoms with E-state index in [4.69, 9.17) is 9.47 Å². The Kier molecular flexibility index (Phi) is 37.1. The summed E-state index contributed by atoms with van der Waals surface area (Å²) in [5.41, 5.74) is 0. The zero-order valence-electron chi connectivity index (χ0n) is 37.6. The van der Waals surface area contributed by atoms with E-state index in [0.29, 0.717) is 12.8 Å². The molecular weight excluding hydrogens is 767 g/mol. The second-order valence-electron chi connectivity index (χ2n) is 15.5. The van der Waals surface area contributed by atoms with E-state index >= 15 is 0 Å². The Labute approximate surface area is 369 Å². The van der Waals surface area contributed by atoms with Crippen molar-refractivity contribution in [1.29, 1.82) is 0 Å². The van der Waals surface area contributed by atoms with Crippen LogP contribution in [-0.4, -0.2) is 87.5 Å². The molecule has 1 aliphatic rings. The molecule has 1 saturated heterocycles. The van der Waals surface area contributed by atoms with Crippen LogP contribution in [0.3, 0.4) is 0 Å². The van der Waals surface area contributed by atoms with Crippen LogP contribution < -0.4 is 5.32 Å². The maximum Gasteiger partial charge on any atom is 0.220 e. The number of carbonyl (C=O) groups is 1. The van der Waals surface area contributed by atoms with E-state index in [2.05, 4.69) is 129 Å². The predicted molar refractivity (Wildman–Crippen MR) is 253 cm³/mol. The summed E-state index contributed by atoms with van der Waals surface area (Å²) >= 11 is 0. The van der Waals surface area contributed by atoms with Gasteiger partial charge in [0, 0.05) is 6.42 Å². The maximum atomic E-state index is 12.9. The first-order valence-corrected chi connectivity index (χ1v) is 23.3. The lowest BCUT2D eigenvalue weighted by Gasteiger charge is -2.40. The Morgan fingerprint density at radius 2 is 1.02 bits per heavy atom. The molecule has 1 rings (SSSR count). The van der Waals surface area contributed by atoms with Gasteiger partial charge in [0.2, 0.25) is 5.91 Å². The molecule has 0 aliphatic carbocycles. The Balaban J connectivity index is 2.24. The highest BCUT2D eigenvalue weighted by Gasteiger charge is 2.44. The third-order valence-electron chi connectivity index (χ3n) is 10.0. The van der Waals surface area contributed by atoms with Crippen LogP contribution in [0.2, 0.25) is 0 Å². The van der Waals surface area contributed by atoms with Gasteiger partial charge in [0.25, 0.3) is 0 Å². The minimum atomic E-state index is -1.58. The van der Waals surface area contributed by atoms with Crippen LogP contribution in [0.5, 0.6) is 0 Å². The molecule has 0 saturated carbocycles. The van der Waals surface area contributed by atoms with Crippen LogP contribution >= 0.6 is 0 Å². The minimum Gasteiger partial charge on any atom is -0.394 e. The number of aliphatic hydroxyl groups excluding tert-OH is 5. The third-order valence-corrected chi connectivity index (χ3v) is 10.0. The third kappa shape index (κ3) is 31.1. The van der Waals surface area contributed by atoms with Crippen molar-refractivity contribution >= 4 is 5.91 Å². The second kappa shape index (κ2) is 40.6. The zero-order chi connectivity index (χ0) is 44.4. The van der Waals surface area contributed by atoms with Gasteiger partial charge in [0.05, 0.1) is 25.4 Å². The Morgan fingerprint density at radius 1 is 0.574 bits per heavy atom. The topological polar surface area (TPSA) is 149 Å². The fraction of sp³-hybridized carbons (Fsp3) is 0.596. The predicted octanol–water partition coefficient (Wildman–Crippen LogP) is 10.1. The van der Waals surface area contributed by atoms with Crippen molar-refractivity contribution in [1.82, 2.24) is 5.32 Å². The van der Waals surface area contributed by atoms with E-state index in [0.717, 1.165) is 96.3 Å². The number of ether oxygens (including phenoxy) is 2. The highest BCUT2D eigenvalue weighted by atomic mass is 16.7. The van der Waals surface area contributed by atoms with Gasteiger partial charge < -0.3 is 40.3 Å². The Morgan fingerprint density at radius 3 is 1.49 bits per heavy atom. The summed E-state index contributed by atoms with van der Waals surface area (Å²) in [6.07, 6.45) is 54.2. The van der Waals surface area contributed by atoms with Crippen LogP contribution in [0.4, 0.5) is 0 Å². The maximum absolute atomic E-state index is 12.9. The molecule has 61 heavy (non-hydrogen) atoms. The molecular formula is C52H83NO8. The second-order valence-corrected chi connectivity index (χ2v) is 15.5. The SMILES string of the molecule is CC/C=C\C/C=C\C/C=C\C/C=C\C/C=C\C/C=C\C/C=C\C/C=C\C/C=C\CCCCCC(=O)NC(COC1OC(CO)C(O)C(O)C1O)C(O)/C=C/CCCCCCC. The normalized spacial score (nSPS) is 21.6. The first-order valence-electron chi connectivity index (χ1n) is 23.3.